The van der Waals surface area contributed by atoms with Crippen molar-refractivity contribution in [1.82, 2.24) is 4.90 Å². The third-order valence-corrected chi connectivity index (χ3v) is 8.28. The zero-order chi connectivity index (χ0) is 26.5. The van der Waals surface area contributed by atoms with Crippen molar-refractivity contribution in [1.29, 1.82) is 0 Å². The molecule has 0 amide bonds. The lowest BCUT2D eigenvalue weighted by Gasteiger charge is -2.12. The molecule has 0 atom stereocenters. The topological polar surface area (TPSA) is 69.6 Å². The van der Waals surface area contributed by atoms with Crippen LogP contribution in [0.4, 0.5) is 18.9 Å². The van der Waals surface area contributed by atoms with Gasteiger partial charge < -0.3 is 10.0 Å². The van der Waals surface area contributed by atoms with Crippen LogP contribution in [0.2, 0.25) is 10.0 Å². The molecule has 1 fully saturated rings. The van der Waals surface area contributed by atoms with Gasteiger partial charge >= 0.3 is 6.18 Å². The second-order valence-electron chi connectivity index (χ2n) is 7.99. The van der Waals surface area contributed by atoms with Crippen molar-refractivity contribution < 1.29 is 26.7 Å². The molecule has 5 nitrogen and oxygen atoms in total. The first kappa shape index (κ1) is 28.5. The highest BCUT2D eigenvalue weighted by Gasteiger charge is 2.34. The number of benzene rings is 3. The highest BCUT2D eigenvalue weighted by atomic mass is 35.5. The average molecular weight is 579 g/mol. The number of rotatable bonds is 5. The summed E-state index contributed by atoms with van der Waals surface area (Å²) in [7, 11) is -1.90. The number of aromatic hydroxyl groups is 1. The van der Waals surface area contributed by atoms with Crippen LogP contribution in [0.3, 0.4) is 0 Å². The van der Waals surface area contributed by atoms with Gasteiger partial charge in [-0.25, -0.2) is 8.42 Å². The Kier molecular flexibility index (Phi) is 9.45. The number of nitrogens with zero attached hydrogens (tertiary/aromatic N) is 1. The second kappa shape index (κ2) is 12.0. The number of anilines is 1. The van der Waals surface area contributed by atoms with Crippen molar-refractivity contribution in [3.05, 3.63) is 76.3 Å². The smallest absolute Gasteiger partial charge is 0.419 e. The minimum atomic E-state index is -4.75. The van der Waals surface area contributed by atoms with E-state index in [0.29, 0.717) is 22.2 Å². The zero-order valence-corrected chi connectivity index (χ0v) is 22.2. The van der Waals surface area contributed by atoms with E-state index in [-0.39, 0.29) is 10.6 Å². The molecular weight excluding hydrogens is 556 g/mol. The first-order valence-electron chi connectivity index (χ1n) is 10.7. The molecule has 4 rings (SSSR count). The van der Waals surface area contributed by atoms with Gasteiger partial charge in [0.05, 0.1) is 26.2 Å². The van der Waals surface area contributed by atoms with Crippen LogP contribution in [0.5, 0.6) is 5.75 Å². The highest BCUT2D eigenvalue weighted by molar-refractivity contribution is 7.99. The first-order chi connectivity index (χ1) is 16.8. The summed E-state index contributed by atoms with van der Waals surface area (Å²) in [5.74, 6) is -1.07. The first-order valence-corrected chi connectivity index (χ1v) is 13.8. The molecule has 194 valence electrons. The molecule has 1 aliphatic rings. The monoisotopic (exact) mass is 578 g/mol. The van der Waals surface area contributed by atoms with Crippen molar-refractivity contribution in [3.8, 4) is 5.75 Å². The third-order valence-electron chi connectivity index (χ3n) is 5.15. The predicted molar refractivity (Wildman–Crippen MR) is 138 cm³/mol. The minimum Gasteiger partial charge on any atom is -0.507 e. The van der Waals surface area contributed by atoms with Crippen LogP contribution in [0.25, 0.3) is 0 Å². The van der Waals surface area contributed by atoms with E-state index >= 15 is 0 Å². The van der Waals surface area contributed by atoms with Gasteiger partial charge in [-0.2, -0.15) is 13.2 Å². The highest BCUT2D eigenvalue weighted by Crippen LogP contribution is 2.37. The van der Waals surface area contributed by atoms with Gasteiger partial charge in [0.15, 0.2) is 0 Å². The summed E-state index contributed by atoms with van der Waals surface area (Å²) >= 11 is 13.2. The summed E-state index contributed by atoms with van der Waals surface area (Å²) in [5.41, 5.74) is -1.45. The molecule has 0 spiro atoms. The van der Waals surface area contributed by atoms with Crippen LogP contribution in [-0.4, -0.2) is 38.6 Å². The standard InChI is InChI=1S/C19H12Cl2F3NO3S2.C5H11N/c20-16-8-4-13(10-17(16)21)29-12-2-5-14(6-3-12)30(27,28)25-11-1-7-15(18(26)9-11)19(22,23)24;1-6-4-2-3-5-6/h1-10,25-26H;2-5H2,1H3. The number of phenols is 1. The van der Waals surface area contributed by atoms with Crippen molar-refractivity contribution in [2.45, 2.75) is 33.7 Å². The molecule has 0 unspecified atom stereocenters. The fraction of sp³-hybridized carbons (Fsp3) is 0.250. The summed E-state index contributed by atoms with van der Waals surface area (Å²) in [5, 5.41) is 10.3. The van der Waals surface area contributed by atoms with Gasteiger partial charge in [-0.1, -0.05) is 35.0 Å². The number of likely N-dealkylation sites (tertiary alicyclic amines) is 1. The fourth-order valence-corrected chi connectivity index (χ4v) is 5.56. The average Bonchev–Trinajstić information content (AvgIpc) is 3.27. The van der Waals surface area contributed by atoms with Crippen LogP contribution in [0.1, 0.15) is 18.4 Å². The van der Waals surface area contributed by atoms with E-state index in [4.69, 9.17) is 23.2 Å². The van der Waals surface area contributed by atoms with Gasteiger partial charge in [-0.15, -0.1) is 0 Å². The van der Waals surface area contributed by atoms with E-state index in [0.717, 1.165) is 15.9 Å². The lowest BCUT2D eigenvalue weighted by molar-refractivity contribution is -0.138. The number of nitrogens with one attached hydrogen (secondary N) is 1. The van der Waals surface area contributed by atoms with E-state index in [1.54, 1.807) is 30.3 Å². The van der Waals surface area contributed by atoms with Gasteiger partial charge in [0.1, 0.15) is 5.75 Å². The maximum Gasteiger partial charge on any atom is 0.419 e. The largest absolute Gasteiger partial charge is 0.507 e. The normalized spacial score (nSPS) is 14.3. The van der Waals surface area contributed by atoms with Crippen LogP contribution in [-0.2, 0) is 16.2 Å². The number of alkyl halides is 3. The van der Waals surface area contributed by atoms with E-state index in [2.05, 4.69) is 16.7 Å². The molecule has 3 aromatic carbocycles. The maximum atomic E-state index is 12.7. The van der Waals surface area contributed by atoms with E-state index in [9.17, 15) is 26.7 Å². The Hall–Kier alpha value is -2.11. The van der Waals surface area contributed by atoms with Crippen LogP contribution in [0, 0.1) is 0 Å². The van der Waals surface area contributed by atoms with Gasteiger partial charge in [0.25, 0.3) is 10.0 Å². The quantitative estimate of drug-likeness (QED) is 0.330. The van der Waals surface area contributed by atoms with Crippen LogP contribution in [0.15, 0.2) is 75.4 Å². The van der Waals surface area contributed by atoms with Crippen molar-refractivity contribution >= 4 is 50.7 Å². The molecule has 1 aliphatic heterocycles. The number of hydrogen-bond acceptors (Lipinski definition) is 5. The maximum absolute atomic E-state index is 12.7. The van der Waals surface area contributed by atoms with Crippen molar-refractivity contribution in [2.75, 3.05) is 24.9 Å². The van der Waals surface area contributed by atoms with E-state index in [1.165, 1.54) is 49.8 Å². The van der Waals surface area contributed by atoms with E-state index < -0.39 is 27.5 Å². The fourth-order valence-electron chi connectivity index (χ4n) is 3.29. The molecular formula is C24H23Cl2F3N2O3S2. The Morgan fingerprint density at radius 1 is 0.917 bits per heavy atom. The molecule has 1 saturated heterocycles. The van der Waals surface area contributed by atoms with Crippen molar-refractivity contribution in [3.63, 3.8) is 0 Å². The summed E-state index contributed by atoms with van der Waals surface area (Å²) in [6.07, 6.45) is -1.92. The summed E-state index contributed by atoms with van der Waals surface area (Å²) in [6.45, 7) is 2.64. The number of hydrogen-bond donors (Lipinski definition) is 2. The van der Waals surface area contributed by atoms with Gasteiger partial charge in [0.2, 0.25) is 0 Å². The summed E-state index contributed by atoms with van der Waals surface area (Å²) < 4.78 is 65.2. The SMILES string of the molecule is CN1CCCC1.O=S(=O)(Nc1ccc(C(F)(F)F)c(O)c1)c1ccc(Sc2ccc(Cl)c(Cl)c2)cc1. The predicted octanol–water partition coefficient (Wildman–Crippen LogP) is 7.38. The molecule has 12 heteroatoms. The molecule has 0 saturated carbocycles. The zero-order valence-electron chi connectivity index (χ0n) is 19.0. The molecule has 0 aliphatic carbocycles. The molecule has 0 radical (unpaired) electrons. The molecule has 0 aromatic heterocycles. The molecule has 36 heavy (non-hydrogen) atoms. The Bertz CT molecular complexity index is 1300. The minimum absolute atomic E-state index is 0.0969. The molecule has 3 aromatic rings. The molecule has 0 bridgehead atoms. The lowest BCUT2D eigenvalue weighted by atomic mass is 10.2. The lowest BCUT2D eigenvalue weighted by Crippen LogP contribution is -2.13. The van der Waals surface area contributed by atoms with Crippen LogP contribution < -0.4 is 4.72 Å². The Balaban J connectivity index is 0.000000526. The van der Waals surface area contributed by atoms with Crippen LogP contribution >= 0.6 is 35.0 Å². The number of phenolic OH excluding ortho intramolecular Hbond substituents is 1. The van der Waals surface area contributed by atoms with Gasteiger partial charge in [-0.3, -0.25) is 4.72 Å². The van der Waals surface area contributed by atoms with Crippen molar-refractivity contribution in [2.24, 2.45) is 0 Å². The number of halogens is 5. The Labute approximate surface area is 222 Å². The molecule has 2 N–H and O–H groups in total. The number of sulfonamides is 1. The second-order valence-corrected chi connectivity index (χ2v) is 11.6. The Morgan fingerprint density at radius 2 is 1.53 bits per heavy atom. The third kappa shape index (κ3) is 7.94. The summed E-state index contributed by atoms with van der Waals surface area (Å²) in [6, 6.07) is 13.2. The van der Waals surface area contributed by atoms with Gasteiger partial charge in [0, 0.05) is 15.9 Å². The van der Waals surface area contributed by atoms with E-state index in [1.807, 2.05) is 0 Å². The Morgan fingerprint density at radius 3 is 2.03 bits per heavy atom. The molecule has 1 heterocycles. The summed E-state index contributed by atoms with van der Waals surface area (Å²) in [4.78, 5) is 3.80. The van der Waals surface area contributed by atoms with Gasteiger partial charge in [-0.05, 0) is 87.6 Å².